The maximum atomic E-state index is 12.2. The van der Waals surface area contributed by atoms with E-state index in [0.29, 0.717) is 22.3 Å². The Kier molecular flexibility index (Phi) is 6.85. The molecule has 0 aliphatic rings. The number of hydrogen-bond donors (Lipinski definition) is 2. The number of carbonyl (C=O) groups is 2. The highest BCUT2D eigenvalue weighted by atomic mass is 32.1. The normalized spacial score (nSPS) is 10.6. The Morgan fingerprint density at radius 2 is 1.33 bits per heavy atom. The van der Waals surface area contributed by atoms with E-state index in [1.54, 1.807) is 12.1 Å². The van der Waals surface area contributed by atoms with Crippen LogP contribution >= 0.6 is 11.3 Å². The molecule has 2 amide bonds. The fourth-order valence-corrected chi connectivity index (χ4v) is 3.90. The van der Waals surface area contributed by atoms with E-state index < -0.39 is 0 Å². The number of thiazole rings is 1. The molecule has 0 unspecified atom stereocenters. The number of nitrogens with one attached hydrogen (secondary N) is 2. The lowest BCUT2D eigenvalue weighted by Gasteiger charge is -2.07. The Labute approximate surface area is 195 Å². The molecule has 33 heavy (non-hydrogen) atoms. The van der Waals surface area contributed by atoms with E-state index in [0.717, 1.165) is 21.3 Å². The van der Waals surface area contributed by atoms with Crippen LogP contribution in [-0.4, -0.2) is 30.0 Å². The van der Waals surface area contributed by atoms with Crippen molar-refractivity contribution in [2.75, 3.05) is 23.8 Å². The van der Waals surface area contributed by atoms with Crippen LogP contribution < -0.4 is 20.1 Å². The summed E-state index contributed by atoms with van der Waals surface area (Å²) in [7, 11) is 0. The first-order chi connectivity index (χ1) is 15.9. The van der Waals surface area contributed by atoms with E-state index in [4.69, 9.17) is 9.47 Å². The zero-order valence-electron chi connectivity index (χ0n) is 18.3. The molecule has 0 atom stereocenters. The minimum atomic E-state index is -0.295. The summed E-state index contributed by atoms with van der Waals surface area (Å²) in [4.78, 5) is 28.9. The van der Waals surface area contributed by atoms with Crippen molar-refractivity contribution in [2.24, 2.45) is 0 Å². The number of anilines is 2. The van der Waals surface area contributed by atoms with Crippen LogP contribution in [0.15, 0.2) is 66.7 Å². The van der Waals surface area contributed by atoms with Crippen LogP contribution in [0.25, 0.3) is 10.2 Å². The van der Waals surface area contributed by atoms with Gasteiger partial charge in [-0.25, -0.2) is 4.98 Å². The van der Waals surface area contributed by atoms with E-state index in [1.807, 2.05) is 68.4 Å². The summed E-state index contributed by atoms with van der Waals surface area (Å²) in [6, 6.07) is 20.4. The van der Waals surface area contributed by atoms with Gasteiger partial charge >= 0.3 is 0 Å². The van der Waals surface area contributed by atoms with E-state index >= 15 is 0 Å². The predicted molar refractivity (Wildman–Crippen MR) is 130 cm³/mol. The number of nitrogens with zero attached hydrogens (tertiary/aromatic N) is 1. The standard InChI is InChI=1S/C25H23N3O4S/c1-16-3-8-19(9-4-16)31-14-23(29)26-18-7-12-21-22(13-18)33-25(27-21)28-24(30)15-32-20-10-5-17(2)6-11-20/h3-13H,14-15H2,1-2H3,(H,26,29)(H,27,28,30). The van der Waals surface area contributed by atoms with E-state index in [2.05, 4.69) is 15.6 Å². The van der Waals surface area contributed by atoms with Gasteiger partial charge < -0.3 is 14.8 Å². The average molecular weight is 462 g/mol. The number of aryl methyl sites for hydroxylation is 2. The second-order valence-corrected chi connectivity index (χ2v) is 8.53. The molecule has 0 fully saturated rings. The SMILES string of the molecule is Cc1ccc(OCC(=O)Nc2ccc3nc(NC(=O)COc4ccc(C)cc4)sc3c2)cc1. The van der Waals surface area contributed by atoms with E-state index in [9.17, 15) is 9.59 Å². The molecule has 1 aromatic heterocycles. The van der Waals surface area contributed by atoms with Gasteiger partial charge in [0.15, 0.2) is 18.3 Å². The maximum Gasteiger partial charge on any atom is 0.264 e. The first kappa shape index (κ1) is 22.3. The molecule has 168 valence electrons. The summed E-state index contributed by atoms with van der Waals surface area (Å²) in [6.45, 7) is 3.77. The maximum absolute atomic E-state index is 12.2. The van der Waals surface area contributed by atoms with Gasteiger partial charge in [-0.3, -0.25) is 14.9 Å². The van der Waals surface area contributed by atoms with Crippen LogP contribution in [0.5, 0.6) is 11.5 Å². The zero-order chi connectivity index (χ0) is 23.2. The molecule has 4 aromatic rings. The number of rotatable bonds is 8. The summed E-state index contributed by atoms with van der Waals surface area (Å²) in [6.07, 6.45) is 0. The highest BCUT2D eigenvalue weighted by Crippen LogP contribution is 2.28. The van der Waals surface area contributed by atoms with Crippen LogP contribution in [0.4, 0.5) is 10.8 Å². The summed E-state index contributed by atoms with van der Waals surface area (Å²) < 4.78 is 11.8. The van der Waals surface area contributed by atoms with Crippen LogP contribution in [0, 0.1) is 13.8 Å². The van der Waals surface area contributed by atoms with Gasteiger partial charge in [-0.15, -0.1) is 0 Å². The molecule has 4 rings (SSSR count). The Hall–Kier alpha value is -3.91. The van der Waals surface area contributed by atoms with Crippen molar-refractivity contribution in [1.82, 2.24) is 4.98 Å². The highest BCUT2D eigenvalue weighted by molar-refractivity contribution is 7.22. The van der Waals surface area contributed by atoms with Crippen molar-refractivity contribution in [3.63, 3.8) is 0 Å². The third-order valence-corrected chi connectivity index (χ3v) is 5.63. The fourth-order valence-electron chi connectivity index (χ4n) is 2.98. The summed E-state index contributed by atoms with van der Waals surface area (Å²) >= 11 is 1.32. The number of ether oxygens (including phenoxy) is 2. The summed E-state index contributed by atoms with van der Waals surface area (Å²) in [5.41, 5.74) is 3.60. The van der Waals surface area contributed by atoms with Gasteiger partial charge in [-0.2, -0.15) is 0 Å². The van der Waals surface area contributed by atoms with Crippen LogP contribution in [-0.2, 0) is 9.59 Å². The van der Waals surface area contributed by atoms with Crippen molar-refractivity contribution in [2.45, 2.75) is 13.8 Å². The van der Waals surface area contributed by atoms with Crippen LogP contribution in [0.3, 0.4) is 0 Å². The predicted octanol–water partition coefficient (Wildman–Crippen LogP) is 4.95. The molecule has 8 heteroatoms. The Morgan fingerprint density at radius 3 is 1.91 bits per heavy atom. The number of hydrogen-bond acceptors (Lipinski definition) is 6. The molecule has 0 aliphatic heterocycles. The summed E-state index contributed by atoms with van der Waals surface area (Å²) in [5.74, 6) is 0.713. The minimum Gasteiger partial charge on any atom is -0.484 e. The molecule has 3 aromatic carbocycles. The van der Waals surface area contributed by atoms with Crippen molar-refractivity contribution < 1.29 is 19.1 Å². The third-order valence-electron chi connectivity index (χ3n) is 4.70. The van der Waals surface area contributed by atoms with Crippen molar-refractivity contribution in [3.05, 3.63) is 77.9 Å². The number of fused-ring (bicyclic) bond motifs is 1. The molecular weight excluding hydrogens is 438 g/mol. The third kappa shape index (κ3) is 6.30. The largest absolute Gasteiger partial charge is 0.484 e. The number of benzene rings is 3. The Balaban J connectivity index is 1.30. The Bertz CT molecular complexity index is 1210. The monoisotopic (exact) mass is 461 g/mol. The fraction of sp³-hybridized carbons (Fsp3) is 0.160. The van der Waals surface area contributed by atoms with Gasteiger partial charge in [0.25, 0.3) is 11.8 Å². The molecule has 0 radical (unpaired) electrons. The number of carbonyl (C=O) groups excluding carboxylic acids is 2. The molecular formula is C25H23N3O4S. The van der Waals surface area contributed by atoms with Crippen LogP contribution in [0.2, 0.25) is 0 Å². The number of aromatic nitrogens is 1. The van der Waals surface area contributed by atoms with E-state index in [-0.39, 0.29) is 25.0 Å². The highest BCUT2D eigenvalue weighted by Gasteiger charge is 2.11. The molecule has 7 nitrogen and oxygen atoms in total. The van der Waals surface area contributed by atoms with Crippen LogP contribution in [0.1, 0.15) is 11.1 Å². The molecule has 2 N–H and O–H groups in total. The van der Waals surface area contributed by atoms with Gasteiger partial charge in [-0.1, -0.05) is 46.7 Å². The first-order valence-electron chi connectivity index (χ1n) is 10.3. The lowest BCUT2D eigenvalue weighted by molar-refractivity contribution is -0.118. The Morgan fingerprint density at radius 1 is 0.788 bits per heavy atom. The van der Waals surface area contributed by atoms with Gasteiger partial charge in [0.1, 0.15) is 11.5 Å². The second kappa shape index (κ2) is 10.1. The second-order valence-electron chi connectivity index (χ2n) is 7.50. The average Bonchev–Trinajstić information content (AvgIpc) is 3.19. The van der Waals surface area contributed by atoms with Gasteiger partial charge in [0, 0.05) is 5.69 Å². The molecule has 0 saturated heterocycles. The molecule has 0 aliphatic carbocycles. The molecule has 0 bridgehead atoms. The van der Waals surface area contributed by atoms with Crippen molar-refractivity contribution in [3.8, 4) is 11.5 Å². The zero-order valence-corrected chi connectivity index (χ0v) is 19.1. The molecule has 0 saturated carbocycles. The molecule has 0 spiro atoms. The number of amides is 2. The van der Waals surface area contributed by atoms with E-state index in [1.165, 1.54) is 11.3 Å². The lowest BCUT2D eigenvalue weighted by Crippen LogP contribution is -2.20. The van der Waals surface area contributed by atoms with Gasteiger partial charge in [-0.05, 0) is 56.3 Å². The smallest absolute Gasteiger partial charge is 0.264 e. The quantitative estimate of drug-likeness (QED) is 0.388. The summed E-state index contributed by atoms with van der Waals surface area (Å²) in [5, 5.41) is 6.03. The lowest BCUT2D eigenvalue weighted by atomic mass is 10.2. The topological polar surface area (TPSA) is 89.5 Å². The minimum absolute atomic E-state index is 0.0912. The first-order valence-corrected chi connectivity index (χ1v) is 11.2. The van der Waals surface area contributed by atoms with Crippen molar-refractivity contribution >= 4 is 44.2 Å². The molecule has 1 heterocycles. The van der Waals surface area contributed by atoms with Gasteiger partial charge in [0.05, 0.1) is 10.2 Å². The van der Waals surface area contributed by atoms with Crippen molar-refractivity contribution in [1.29, 1.82) is 0 Å². The van der Waals surface area contributed by atoms with Gasteiger partial charge in [0.2, 0.25) is 0 Å².